The second-order valence-corrected chi connectivity index (χ2v) is 8.80. The van der Waals surface area contributed by atoms with Gasteiger partial charge in [-0.1, -0.05) is 42.5 Å². The largest absolute Gasteiger partial charge is 0.498 e. The molecule has 1 aliphatic heterocycles. The number of fused-ring (bicyclic) bond motifs is 2. The van der Waals surface area contributed by atoms with Gasteiger partial charge in [-0.05, 0) is 44.0 Å². The van der Waals surface area contributed by atoms with Crippen molar-refractivity contribution in [2.24, 2.45) is 5.92 Å². The molecule has 0 saturated carbocycles. The molecule has 0 amide bonds. The summed E-state index contributed by atoms with van der Waals surface area (Å²) in [5, 5.41) is 1.43. The molecule has 1 N–H and O–H groups in total. The van der Waals surface area contributed by atoms with E-state index >= 15 is 0 Å². The van der Waals surface area contributed by atoms with Crippen molar-refractivity contribution in [3.63, 3.8) is 0 Å². The lowest BCUT2D eigenvalue weighted by atomic mass is 9.72. The summed E-state index contributed by atoms with van der Waals surface area (Å²) in [6.45, 7) is 3.55. The first-order valence-electron chi connectivity index (χ1n) is 10.8. The van der Waals surface area contributed by atoms with Crippen molar-refractivity contribution in [3.8, 4) is 0 Å². The third-order valence-corrected chi connectivity index (χ3v) is 6.75. The summed E-state index contributed by atoms with van der Waals surface area (Å²) >= 11 is 0. The first-order valence-corrected chi connectivity index (χ1v) is 10.8. The van der Waals surface area contributed by atoms with E-state index in [1.807, 2.05) is 37.3 Å². The number of hydrogen-bond donors (Lipinski definition) is 1. The fraction of sp³-hybridized carbons (Fsp3) is 0.346. The summed E-state index contributed by atoms with van der Waals surface area (Å²) in [6.07, 6.45) is 6.03. The van der Waals surface area contributed by atoms with E-state index in [1.54, 1.807) is 6.08 Å². The highest BCUT2D eigenvalue weighted by molar-refractivity contribution is 6.04. The molecule has 2 aliphatic rings. The second kappa shape index (κ2) is 7.77. The van der Waals surface area contributed by atoms with Gasteiger partial charge in [0.05, 0.1) is 12.4 Å². The molecular weight excluding hydrogens is 372 g/mol. The standard InChI is InChI=1S/C26H28N2O2/c1-17(11-25(29)19-7-4-3-5-8-19)30-16-18-12-22-21-9-6-10-23-26(21)20(14-27-23)13-24(22)28(2)15-18/h3-11,14,18,22,24,27H,12-13,15-16H2,1-2H3/t18?,22?,24-/m1/s1. The minimum absolute atomic E-state index is 0.00660. The average Bonchev–Trinajstić information content (AvgIpc) is 3.18. The molecule has 0 radical (unpaired) electrons. The van der Waals surface area contributed by atoms with Crippen LogP contribution in [0.2, 0.25) is 0 Å². The van der Waals surface area contributed by atoms with E-state index in [0.717, 1.165) is 19.4 Å². The van der Waals surface area contributed by atoms with Crippen molar-refractivity contribution in [3.05, 3.63) is 83.3 Å². The average molecular weight is 401 g/mol. The summed E-state index contributed by atoms with van der Waals surface area (Å²) < 4.78 is 6.04. The number of piperidine rings is 1. The highest BCUT2D eigenvalue weighted by atomic mass is 16.5. The first-order chi connectivity index (χ1) is 14.6. The number of likely N-dealkylation sites (tertiary alicyclic amines) is 1. The van der Waals surface area contributed by atoms with Crippen molar-refractivity contribution in [1.82, 2.24) is 9.88 Å². The molecule has 0 bridgehead atoms. The minimum atomic E-state index is -0.00660. The maximum atomic E-state index is 12.4. The summed E-state index contributed by atoms with van der Waals surface area (Å²) in [5.41, 5.74) is 4.86. The third kappa shape index (κ3) is 3.46. The van der Waals surface area contributed by atoms with E-state index in [-0.39, 0.29) is 5.78 Å². The monoisotopic (exact) mass is 400 g/mol. The summed E-state index contributed by atoms with van der Waals surface area (Å²) in [7, 11) is 2.24. The molecule has 4 heteroatoms. The van der Waals surface area contributed by atoms with Crippen molar-refractivity contribution in [2.45, 2.75) is 31.7 Å². The lowest BCUT2D eigenvalue weighted by Crippen LogP contribution is -2.48. The number of rotatable bonds is 5. The van der Waals surface area contributed by atoms with E-state index in [0.29, 0.717) is 35.8 Å². The topological polar surface area (TPSA) is 45.3 Å². The Morgan fingerprint density at radius 2 is 2.03 bits per heavy atom. The van der Waals surface area contributed by atoms with Gasteiger partial charge in [0.15, 0.2) is 5.78 Å². The smallest absolute Gasteiger partial charge is 0.189 e. The maximum absolute atomic E-state index is 12.4. The number of nitrogens with one attached hydrogen (secondary N) is 1. The number of hydrogen-bond acceptors (Lipinski definition) is 3. The zero-order valence-corrected chi connectivity index (χ0v) is 17.6. The van der Waals surface area contributed by atoms with Gasteiger partial charge in [-0.15, -0.1) is 0 Å². The molecule has 1 saturated heterocycles. The Morgan fingerprint density at radius 3 is 2.87 bits per heavy atom. The van der Waals surface area contributed by atoms with Crippen LogP contribution in [-0.4, -0.2) is 41.9 Å². The molecule has 1 aliphatic carbocycles. The lowest BCUT2D eigenvalue weighted by Gasteiger charge is -2.45. The van der Waals surface area contributed by atoms with Gasteiger partial charge in [-0.3, -0.25) is 4.79 Å². The highest BCUT2D eigenvalue weighted by Gasteiger charge is 2.39. The fourth-order valence-corrected chi connectivity index (χ4v) is 5.34. The van der Waals surface area contributed by atoms with Crippen LogP contribution in [-0.2, 0) is 11.2 Å². The van der Waals surface area contributed by atoms with Crippen molar-refractivity contribution < 1.29 is 9.53 Å². The molecule has 154 valence electrons. The van der Waals surface area contributed by atoms with Gasteiger partial charge in [0, 0.05) is 53.2 Å². The van der Waals surface area contributed by atoms with Gasteiger partial charge >= 0.3 is 0 Å². The Morgan fingerprint density at radius 1 is 1.20 bits per heavy atom. The van der Waals surface area contributed by atoms with Crippen LogP contribution in [0.15, 0.2) is 66.6 Å². The predicted molar refractivity (Wildman–Crippen MR) is 120 cm³/mol. The zero-order valence-electron chi connectivity index (χ0n) is 17.6. The third-order valence-electron chi connectivity index (χ3n) is 6.75. The number of carbonyl (C=O) groups is 1. The van der Waals surface area contributed by atoms with Crippen LogP contribution in [0.3, 0.4) is 0 Å². The van der Waals surface area contributed by atoms with Crippen molar-refractivity contribution >= 4 is 16.7 Å². The van der Waals surface area contributed by atoms with E-state index in [4.69, 9.17) is 4.74 Å². The predicted octanol–water partition coefficient (Wildman–Crippen LogP) is 4.93. The van der Waals surface area contributed by atoms with Crippen molar-refractivity contribution in [1.29, 1.82) is 0 Å². The molecule has 4 nitrogen and oxygen atoms in total. The normalized spacial score (nSPS) is 23.9. The van der Waals surface area contributed by atoms with Crippen LogP contribution in [0.5, 0.6) is 0 Å². The number of ketones is 1. The van der Waals surface area contributed by atoms with Gasteiger partial charge in [0.1, 0.15) is 0 Å². The molecule has 3 atom stereocenters. The van der Waals surface area contributed by atoms with Gasteiger partial charge in [-0.25, -0.2) is 0 Å². The van der Waals surface area contributed by atoms with Crippen LogP contribution >= 0.6 is 0 Å². The number of nitrogens with zero attached hydrogens (tertiary/aromatic N) is 1. The van der Waals surface area contributed by atoms with E-state index in [2.05, 4.69) is 41.3 Å². The van der Waals surface area contributed by atoms with Crippen LogP contribution in [0.25, 0.3) is 10.9 Å². The first kappa shape index (κ1) is 19.1. The summed E-state index contributed by atoms with van der Waals surface area (Å²) in [4.78, 5) is 18.3. The molecule has 1 aromatic heterocycles. The van der Waals surface area contributed by atoms with Gasteiger partial charge in [0.25, 0.3) is 0 Å². The van der Waals surface area contributed by atoms with Crippen LogP contribution < -0.4 is 0 Å². The SMILES string of the molecule is CC(=CC(=O)c1ccccc1)OCC1CC2c3cccc4[nH]cc(c34)C[C@H]2N(C)C1. The molecule has 2 unspecified atom stereocenters. The number of likely N-dealkylation sites (N-methyl/N-ethyl adjacent to an activating group) is 1. The molecule has 2 aromatic carbocycles. The number of allylic oxidation sites excluding steroid dienone is 2. The maximum Gasteiger partial charge on any atom is 0.189 e. The Labute approximate surface area is 177 Å². The zero-order chi connectivity index (χ0) is 20.7. The van der Waals surface area contributed by atoms with E-state index in [9.17, 15) is 4.79 Å². The fourth-order valence-electron chi connectivity index (χ4n) is 5.34. The number of aromatic nitrogens is 1. The number of ether oxygens (including phenoxy) is 1. The Bertz CT molecular complexity index is 1100. The van der Waals surface area contributed by atoms with Crippen LogP contribution in [0.1, 0.15) is 40.7 Å². The number of H-pyrrole nitrogens is 1. The number of benzene rings is 2. The Balaban J connectivity index is 1.29. The van der Waals surface area contributed by atoms with Crippen LogP contribution in [0.4, 0.5) is 0 Å². The van der Waals surface area contributed by atoms with Gasteiger partial charge in [-0.2, -0.15) is 0 Å². The summed E-state index contributed by atoms with van der Waals surface area (Å²) in [5.74, 6) is 1.65. The van der Waals surface area contributed by atoms with Gasteiger partial charge < -0.3 is 14.6 Å². The minimum Gasteiger partial charge on any atom is -0.498 e. The second-order valence-electron chi connectivity index (χ2n) is 8.80. The Kier molecular flexibility index (Phi) is 4.95. The number of carbonyl (C=O) groups excluding carboxylic acids is 1. The van der Waals surface area contributed by atoms with Gasteiger partial charge in [0.2, 0.25) is 0 Å². The van der Waals surface area contributed by atoms with Crippen LogP contribution in [0, 0.1) is 5.92 Å². The quantitative estimate of drug-likeness (QED) is 0.375. The molecule has 1 fully saturated rings. The molecule has 2 heterocycles. The molecule has 5 rings (SSSR count). The molecular formula is C26H28N2O2. The van der Waals surface area contributed by atoms with E-state index < -0.39 is 0 Å². The number of aromatic amines is 1. The molecule has 30 heavy (non-hydrogen) atoms. The summed E-state index contributed by atoms with van der Waals surface area (Å²) in [6, 6.07) is 16.5. The lowest BCUT2D eigenvalue weighted by molar-refractivity contribution is 0.0632. The Hall–Kier alpha value is -2.85. The highest BCUT2D eigenvalue weighted by Crippen LogP contribution is 2.44. The molecule has 3 aromatic rings. The van der Waals surface area contributed by atoms with E-state index in [1.165, 1.54) is 22.0 Å². The molecule has 0 spiro atoms. The van der Waals surface area contributed by atoms with Crippen molar-refractivity contribution in [2.75, 3.05) is 20.2 Å².